The molecule has 1 saturated heterocycles. The second kappa shape index (κ2) is 6.80. The van der Waals surface area contributed by atoms with Gasteiger partial charge in [-0.15, -0.1) is 0 Å². The predicted octanol–water partition coefficient (Wildman–Crippen LogP) is 2.57. The van der Waals surface area contributed by atoms with Crippen LogP contribution in [0.2, 0.25) is 5.02 Å². The van der Waals surface area contributed by atoms with Crippen LogP contribution in [-0.2, 0) is 9.84 Å². The fourth-order valence-corrected chi connectivity index (χ4v) is 4.93. The van der Waals surface area contributed by atoms with Gasteiger partial charge in [0, 0.05) is 11.1 Å². The van der Waals surface area contributed by atoms with Crippen LogP contribution in [0.1, 0.15) is 42.2 Å². The monoisotopic (exact) mass is 381 g/mol. The van der Waals surface area contributed by atoms with Gasteiger partial charge in [0.1, 0.15) is 0 Å². The summed E-state index contributed by atoms with van der Waals surface area (Å²) in [5.41, 5.74) is 2.00. The van der Waals surface area contributed by atoms with Crippen LogP contribution in [0.5, 0.6) is 0 Å². The Morgan fingerprint density at radius 1 is 1.40 bits per heavy atom. The van der Waals surface area contributed by atoms with E-state index in [0.29, 0.717) is 17.0 Å². The van der Waals surface area contributed by atoms with Gasteiger partial charge < -0.3 is 5.32 Å². The van der Waals surface area contributed by atoms with Crippen LogP contribution in [0.4, 0.5) is 0 Å². The number of hydrogen-bond donors (Lipinski definition) is 1. The topological polar surface area (TPSA) is 81.1 Å². The third kappa shape index (κ3) is 3.88. The molecule has 1 atom stereocenters. The molecule has 1 aliphatic rings. The first-order chi connectivity index (χ1) is 11.8. The van der Waals surface area contributed by atoms with Crippen molar-refractivity contribution in [3.8, 4) is 5.69 Å². The molecule has 6 nitrogen and oxygen atoms in total. The van der Waals surface area contributed by atoms with Gasteiger partial charge in [-0.05, 0) is 30.5 Å². The number of hydrogen-bond acceptors (Lipinski definition) is 4. The van der Waals surface area contributed by atoms with Gasteiger partial charge in [-0.1, -0.05) is 31.5 Å². The Morgan fingerprint density at radius 2 is 2.16 bits per heavy atom. The molecule has 1 aromatic heterocycles. The number of carbonyl (C=O) groups is 1. The van der Waals surface area contributed by atoms with Gasteiger partial charge in [-0.2, -0.15) is 5.10 Å². The first-order valence-electron chi connectivity index (χ1n) is 8.12. The number of nitrogens with zero attached hydrogens (tertiary/aromatic N) is 2. The molecule has 2 aromatic rings. The fourth-order valence-electron chi connectivity index (χ4n) is 3.07. The van der Waals surface area contributed by atoms with Gasteiger partial charge in [-0.3, -0.25) is 4.79 Å². The number of rotatable bonds is 4. The first-order valence-corrected chi connectivity index (χ1v) is 10.3. The summed E-state index contributed by atoms with van der Waals surface area (Å²) in [5.74, 6) is -0.122. The van der Waals surface area contributed by atoms with Gasteiger partial charge in [-0.25, -0.2) is 13.1 Å². The molecule has 0 aliphatic carbocycles. The van der Waals surface area contributed by atoms with Gasteiger partial charge >= 0.3 is 0 Å². The zero-order chi connectivity index (χ0) is 18.2. The standard InChI is InChI=1S/C17H20ClN3O3S/c1-11(2)16-15(17(22)20-13-6-7-25(23,24)10-13)9-19-21(16)14-5-3-4-12(18)8-14/h3-5,8-9,11,13H,6-7,10H2,1-2H3,(H,20,22)/t13-/m1/s1. The minimum Gasteiger partial charge on any atom is -0.348 e. The molecule has 1 N–H and O–H groups in total. The van der Waals surface area contributed by atoms with Crippen LogP contribution < -0.4 is 5.32 Å². The van der Waals surface area contributed by atoms with E-state index in [2.05, 4.69) is 10.4 Å². The van der Waals surface area contributed by atoms with Crippen molar-refractivity contribution >= 4 is 27.3 Å². The highest BCUT2D eigenvalue weighted by atomic mass is 35.5. The molecule has 0 spiro atoms. The third-order valence-corrected chi connectivity index (χ3v) is 6.22. The SMILES string of the molecule is CC(C)c1c(C(=O)N[C@@H]2CCS(=O)(=O)C2)cnn1-c1cccc(Cl)c1. The van der Waals surface area contributed by atoms with E-state index < -0.39 is 9.84 Å². The largest absolute Gasteiger partial charge is 0.348 e. The molecule has 1 fully saturated rings. The molecule has 3 rings (SSSR count). The molecule has 134 valence electrons. The lowest BCUT2D eigenvalue weighted by Gasteiger charge is -2.15. The molecule has 1 amide bonds. The van der Waals surface area contributed by atoms with E-state index in [9.17, 15) is 13.2 Å². The normalized spacial score (nSPS) is 19.3. The number of carbonyl (C=O) groups excluding carboxylic acids is 1. The Bertz CT molecular complexity index is 906. The van der Waals surface area contributed by atoms with Crippen molar-refractivity contribution in [3.63, 3.8) is 0 Å². The zero-order valence-electron chi connectivity index (χ0n) is 14.1. The Labute approximate surface area is 152 Å². The number of nitrogens with one attached hydrogen (secondary N) is 1. The maximum atomic E-state index is 12.7. The highest BCUT2D eigenvalue weighted by molar-refractivity contribution is 7.91. The zero-order valence-corrected chi connectivity index (χ0v) is 15.6. The minimum atomic E-state index is -3.04. The van der Waals surface area contributed by atoms with Crippen molar-refractivity contribution in [2.45, 2.75) is 32.2 Å². The van der Waals surface area contributed by atoms with Crippen LogP contribution in [0.3, 0.4) is 0 Å². The number of benzene rings is 1. The number of sulfone groups is 1. The molecule has 2 heterocycles. The molecule has 8 heteroatoms. The van der Waals surface area contributed by atoms with E-state index in [1.54, 1.807) is 16.8 Å². The number of halogens is 1. The second-order valence-corrected chi connectivity index (χ2v) is 9.23. The maximum Gasteiger partial charge on any atom is 0.255 e. The van der Waals surface area contributed by atoms with Crippen molar-refractivity contribution in [2.75, 3.05) is 11.5 Å². The Morgan fingerprint density at radius 3 is 2.76 bits per heavy atom. The summed E-state index contributed by atoms with van der Waals surface area (Å²) in [5, 5.41) is 7.76. The molecular weight excluding hydrogens is 362 g/mol. The summed E-state index contributed by atoms with van der Waals surface area (Å²) in [6, 6.07) is 6.92. The van der Waals surface area contributed by atoms with Gasteiger partial charge in [0.25, 0.3) is 5.91 Å². The minimum absolute atomic E-state index is 0.00180. The third-order valence-electron chi connectivity index (χ3n) is 4.22. The highest BCUT2D eigenvalue weighted by Gasteiger charge is 2.30. The van der Waals surface area contributed by atoms with Crippen LogP contribution in [0, 0.1) is 0 Å². The summed E-state index contributed by atoms with van der Waals surface area (Å²) in [6.07, 6.45) is 1.97. The van der Waals surface area contributed by atoms with E-state index in [1.165, 1.54) is 6.20 Å². The summed E-state index contributed by atoms with van der Waals surface area (Å²) >= 11 is 6.06. The molecule has 1 aromatic carbocycles. The smallest absolute Gasteiger partial charge is 0.255 e. The van der Waals surface area contributed by atoms with Crippen LogP contribution in [-0.4, -0.2) is 41.7 Å². The van der Waals surface area contributed by atoms with Crippen molar-refractivity contribution in [1.29, 1.82) is 0 Å². The first kappa shape index (κ1) is 17.9. The summed E-state index contributed by atoms with van der Waals surface area (Å²) in [7, 11) is -3.04. The van der Waals surface area contributed by atoms with E-state index >= 15 is 0 Å². The van der Waals surface area contributed by atoms with Gasteiger partial charge in [0.2, 0.25) is 0 Å². The van der Waals surface area contributed by atoms with E-state index in [1.807, 2.05) is 26.0 Å². The van der Waals surface area contributed by atoms with Crippen LogP contribution in [0.15, 0.2) is 30.5 Å². The highest BCUT2D eigenvalue weighted by Crippen LogP contribution is 2.25. The van der Waals surface area contributed by atoms with E-state index in [4.69, 9.17) is 11.6 Å². The molecule has 0 unspecified atom stereocenters. The molecule has 1 aliphatic heterocycles. The molecule has 25 heavy (non-hydrogen) atoms. The summed E-state index contributed by atoms with van der Waals surface area (Å²) in [4.78, 5) is 12.7. The van der Waals surface area contributed by atoms with Gasteiger partial charge in [0.05, 0.1) is 34.6 Å². The molecule has 0 radical (unpaired) electrons. The van der Waals surface area contributed by atoms with Crippen molar-refractivity contribution in [3.05, 3.63) is 46.7 Å². The Kier molecular flexibility index (Phi) is 4.88. The molecule has 0 saturated carbocycles. The predicted molar refractivity (Wildman–Crippen MR) is 97.2 cm³/mol. The molecule has 0 bridgehead atoms. The lowest BCUT2D eigenvalue weighted by molar-refractivity contribution is 0.0939. The van der Waals surface area contributed by atoms with E-state index in [0.717, 1.165) is 11.4 Å². The Balaban J connectivity index is 1.90. The van der Waals surface area contributed by atoms with Crippen LogP contribution in [0.25, 0.3) is 5.69 Å². The average molecular weight is 382 g/mol. The fraction of sp³-hybridized carbons (Fsp3) is 0.412. The van der Waals surface area contributed by atoms with Crippen molar-refractivity contribution in [2.24, 2.45) is 0 Å². The summed E-state index contributed by atoms with van der Waals surface area (Å²) in [6.45, 7) is 3.96. The second-order valence-electron chi connectivity index (χ2n) is 6.56. The maximum absolute atomic E-state index is 12.7. The van der Waals surface area contributed by atoms with Crippen molar-refractivity contribution in [1.82, 2.24) is 15.1 Å². The number of amides is 1. The molecular formula is C17H20ClN3O3S. The van der Waals surface area contributed by atoms with Crippen molar-refractivity contribution < 1.29 is 13.2 Å². The lowest BCUT2D eigenvalue weighted by Crippen LogP contribution is -2.36. The average Bonchev–Trinajstić information content (AvgIpc) is 3.10. The van der Waals surface area contributed by atoms with Gasteiger partial charge in [0.15, 0.2) is 9.84 Å². The van der Waals surface area contributed by atoms with E-state index in [-0.39, 0.29) is 29.4 Å². The summed E-state index contributed by atoms with van der Waals surface area (Å²) < 4.78 is 24.9. The lowest BCUT2D eigenvalue weighted by atomic mass is 10.0. The number of aromatic nitrogens is 2. The Hall–Kier alpha value is -1.86. The van der Waals surface area contributed by atoms with Crippen LogP contribution >= 0.6 is 11.6 Å². The quantitative estimate of drug-likeness (QED) is 0.882.